The molecule has 2 heterocycles. The van der Waals surface area contributed by atoms with Crippen LogP contribution in [0.5, 0.6) is 5.75 Å². The van der Waals surface area contributed by atoms with Gasteiger partial charge in [-0.1, -0.05) is 41.6 Å². The third-order valence-corrected chi connectivity index (χ3v) is 5.92. The van der Waals surface area contributed by atoms with E-state index in [1.165, 1.54) is 16.7 Å². The first-order valence-electron chi connectivity index (χ1n) is 10.6. The fourth-order valence-electron chi connectivity index (χ4n) is 3.96. The summed E-state index contributed by atoms with van der Waals surface area (Å²) in [6.45, 7) is 5.86. The van der Waals surface area contributed by atoms with Crippen molar-refractivity contribution in [2.24, 2.45) is 0 Å². The summed E-state index contributed by atoms with van der Waals surface area (Å²) in [7, 11) is 0. The number of nitrogens with zero attached hydrogens (tertiary/aromatic N) is 2. The molecular formula is C25H28N2O3. The number of carbonyl (C=O) groups is 1. The van der Waals surface area contributed by atoms with E-state index in [9.17, 15) is 4.79 Å². The molecule has 3 aromatic rings. The van der Waals surface area contributed by atoms with Crippen LogP contribution in [0.2, 0.25) is 0 Å². The molecule has 1 fully saturated rings. The van der Waals surface area contributed by atoms with Crippen molar-refractivity contribution >= 4 is 5.91 Å². The molecule has 4 rings (SSSR count). The maximum absolute atomic E-state index is 12.9. The highest BCUT2D eigenvalue weighted by molar-refractivity contribution is 5.92. The lowest BCUT2D eigenvalue weighted by molar-refractivity contribution is 0.0750. The van der Waals surface area contributed by atoms with Crippen LogP contribution in [-0.2, 0) is 6.61 Å². The van der Waals surface area contributed by atoms with E-state index >= 15 is 0 Å². The summed E-state index contributed by atoms with van der Waals surface area (Å²) in [5.41, 5.74) is 4.11. The predicted octanol–water partition coefficient (Wildman–Crippen LogP) is 5.28. The highest BCUT2D eigenvalue weighted by Gasteiger charge is 2.24. The average molecular weight is 405 g/mol. The topological polar surface area (TPSA) is 55.6 Å². The van der Waals surface area contributed by atoms with E-state index in [1.807, 2.05) is 29.2 Å². The second-order valence-electron chi connectivity index (χ2n) is 8.04. The average Bonchev–Trinajstić information content (AvgIpc) is 3.10. The number of rotatable bonds is 5. The zero-order valence-electron chi connectivity index (χ0n) is 17.6. The molecule has 1 amide bonds. The molecule has 30 heavy (non-hydrogen) atoms. The van der Waals surface area contributed by atoms with E-state index in [0.717, 1.165) is 38.1 Å². The predicted molar refractivity (Wildman–Crippen MR) is 116 cm³/mol. The zero-order valence-corrected chi connectivity index (χ0v) is 17.6. The van der Waals surface area contributed by atoms with Gasteiger partial charge < -0.3 is 14.2 Å². The standard InChI is InChI=1S/C25H28N2O3/c1-18-10-11-22(15-19(18)2)29-17-23-16-24(26-30-23)25(28)27-13-6-9-21(12-14-27)20-7-4-3-5-8-20/h3-5,7-8,10-11,15-16,21H,6,9,12-14,17H2,1-2H3. The van der Waals surface area contributed by atoms with Crippen molar-refractivity contribution < 1.29 is 14.1 Å². The fourth-order valence-corrected chi connectivity index (χ4v) is 3.96. The molecule has 0 spiro atoms. The van der Waals surface area contributed by atoms with Crippen molar-refractivity contribution in [3.8, 4) is 5.75 Å². The molecule has 0 saturated carbocycles. The molecule has 156 valence electrons. The molecule has 1 aromatic heterocycles. The number of carbonyl (C=O) groups excluding carboxylic acids is 1. The maximum atomic E-state index is 12.9. The first-order valence-corrected chi connectivity index (χ1v) is 10.6. The first kappa shape index (κ1) is 20.2. The first-order chi connectivity index (χ1) is 14.6. The number of amides is 1. The summed E-state index contributed by atoms with van der Waals surface area (Å²) in [6, 6.07) is 18.2. The summed E-state index contributed by atoms with van der Waals surface area (Å²) in [5.74, 6) is 1.77. The van der Waals surface area contributed by atoms with E-state index in [0.29, 0.717) is 17.4 Å². The van der Waals surface area contributed by atoms with Gasteiger partial charge in [0.05, 0.1) is 0 Å². The molecule has 2 aromatic carbocycles. The second-order valence-corrected chi connectivity index (χ2v) is 8.04. The van der Waals surface area contributed by atoms with Gasteiger partial charge in [-0.2, -0.15) is 0 Å². The smallest absolute Gasteiger partial charge is 0.276 e. The van der Waals surface area contributed by atoms with Gasteiger partial charge in [0.2, 0.25) is 0 Å². The van der Waals surface area contributed by atoms with E-state index in [4.69, 9.17) is 9.26 Å². The Balaban J connectivity index is 1.35. The van der Waals surface area contributed by atoms with Crippen molar-refractivity contribution in [3.63, 3.8) is 0 Å². The van der Waals surface area contributed by atoms with Crippen molar-refractivity contribution in [1.29, 1.82) is 0 Å². The Bertz CT molecular complexity index is 997. The number of aryl methyl sites for hydroxylation is 2. The Morgan fingerprint density at radius 2 is 1.90 bits per heavy atom. The summed E-state index contributed by atoms with van der Waals surface area (Å²) >= 11 is 0. The van der Waals surface area contributed by atoms with Gasteiger partial charge in [-0.05, 0) is 67.9 Å². The molecular weight excluding hydrogens is 376 g/mol. The van der Waals surface area contributed by atoms with E-state index < -0.39 is 0 Å². The minimum atomic E-state index is -0.0649. The molecule has 1 aliphatic rings. The van der Waals surface area contributed by atoms with Gasteiger partial charge in [0.25, 0.3) is 5.91 Å². The molecule has 0 aliphatic carbocycles. The number of hydrogen-bond donors (Lipinski definition) is 0. The summed E-state index contributed by atoms with van der Waals surface area (Å²) in [6.07, 6.45) is 3.06. The third kappa shape index (κ3) is 4.73. The zero-order chi connectivity index (χ0) is 20.9. The summed E-state index contributed by atoms with van der Waals surface area (Å²) in [4.78, 5) is 14.8. The highest BCUT2D eigenvalue weighted by Crippen LogP contribution is 2.28. The fraction of sp³-hybridized carbons (Fsp3) is 0.360. The van der Waals surface area contributed by atoms with Crippen LogP contribution in [0.1, 0.15) is 58.1 Å². The summed E-state index contributed by atoms with van der Waals surface area (Å²) in [5, 5.41) is 4.00. The van der Waals surface area contributed by atoms with Crippen LogP contribution >= 0.6 is 0 Å². The Morgan fingerprint density at radius 1 is 1.07 bits per heavy atom. The molecule has 5 nitrogen and oxygen atoms in total. The van der Waals surface area contributed by atoms with Gasteiger partial charge in [0.15, 0.2) is 11.5 Å². The minimum Gasteiger partial charge on any atom is -0.486 e. The van der Waals surface area contributed by atoms with Gasteiger partial charge in [-0.15, -0.1) is 0 Å². The van der Waals surface area contributed by atoms with E-state index in [2.05, 4.69) is 43.3 Å². The SMILES string of the molecule is Cc1ccc(OCc2cc(C(=O)N3CCCC(c4ccccc4)CC3)no2)cc1C. The number of hydrogen-bond acceptors (Lipinski definition) is 4. The van der Waals surface area contributed by atoms with Gasteiger partial charge in [0.1, 0.15) is 12.4 Å². The van der Waals surface area contributed by atoms with Crippen LogP contribution in [0.3, 0.4) is 0 Å². The van der Waals surface area contributed by atoms with Gasteiger partial charge in [-0.3, -0.25) is 4.79 Å². The van der Waals surface area contributed by atoms with Gasteiger partial charge in [-0.25, -0.2) is 0 Å². The second kappa shape index (κ2) is 9.16. The van der Waals surface area contributed by atoms with Gasteiger partial charge in [0, 0.05) is 19.2 Å². The lowest BCUT2D eigenvalue weighted by atomic mass is 9.92. The van der Waals surface area contributed by atoms with Crippen molar-refractivity contribution in [2.75, 3.05) is 13.1 Å². The molecule has 1 saturated heterocycles. The Morgan fingerprint density at radius 3 is 2.70 bits per heavy atom. The largest absolute Gasteiger partial charge is 0.486 e. The number of likely N-dealkylation sites (tertiary alicyclic amines) is 1. The molecule has 5 heteroatoms. The number of benzene rings is 2. The van der Waals surface area contributed by atoms with Crippen LogP contribution < -0.4 is 4.74 Å². The van der Waals surface area contributed by atoms with Crippen LogP contribution in [0.15, 0.2) is 59.1 Å². The molecule has 1 atom stereocenters. The lowest BCUT2D eigenvalue weighted by Crippen LogP contribution is -2.32. The molecule has 1 unspecified atom stereocenters. The quantitative estimate of drug-likeness (QED) is 0.580. The van der Waals surface area contributed by atoms with Crippen LogP contribution in [-0.4, -0.2) is 29.1 Å². The monoisotopic (exact) mass is 404 g/mol. The van der Waals surface area contributed by atoms with Crippen LogP contribution in [0, 0.1) is 13.8 Å². The van der Waals surface area contributed by atoms with Crippen molar-refractivity contribution in [3.05, 3.63) is 82.7 Å². The molecule has 0 bridgehead atoms. The van der Waals surface area contributed by atoms with Gasteiger partial charge >= 0.3 is 0 Å². The van der Waals surface area contributed by atoms with Crippen molar-refractivity contribution in [1.82, 2.24) is 10.1 Å². The van der Waals surface area contributed by atoms with Crippen LogP contribution in [0.4, 0.5) is 0 Å². The summed E-state index contributed by atoms with van der Waals surface area (Å²) < 4.78 is 11.1. The minimum absolute atomic E-state index is 0.0649. The molecule has 0 radical (unpaired) electrons. The number of aromatic nitrogens is 1. The normalized spacial score (nSPS) is 16.9. The van der Waals surface area contributed by atoms with E-state index in [1.54, 1.807) is 6.07 Å². The Kier molecular flexibility index (Phi) is 6.17. The molecule has 0 N–H and O–H groups in total. The third-order valence-electron chi connectivity index (χ3n) is 5.92. The highest BCUT2D eigenvalue weighted by atomic mass is 16.5. The van der Waals surface area contributed by atoms with Crippen LogP contribution in [0.25, 0.3) is 0 Å². The Labute approximate surface area is 177 Å². The maximum Gasteiger partial charge on any atom is 0.276 e. The van der Waals surface area contributed by atoms with E-state index in [-0.39, 0.29) is 12.5 Å². The number of ether oxygens (including phenoxy) is 1. The lowest BCUT2D eigenvalue weighted by Gasteiger charge is -2.19. The van der Waals surface area contributed by atoms with Crippen molar-refractivity contribution in [2.45, 2.75) is 45.6 Å². The molecule has 1 aliphatic heterocycles. The Hall–Kier alpha value is -3.08.